The van der Waals surface area contributed by atoms with Gasteiger partial charge in [-0.2, -0.15) is 0 Å². The Morgan fingerprint density at radius 3 is 1.92 bits per heavy atom. The zero-order valence-corrected chi connectivity index (χ0v) is 28.3. The number of piperazine rings is 1. The summed E-state index contributed by atoms with van der Waals surface area (Å²) in [5.74, 6) is -1.41. The SMILES string of the molecule is COc1ccc(N2CCN(C(=O)OC(C)(C)C)[C@@H]([C@@H](O)[C@H](Cc3cc(F)cc(F)c3)N(Cc3ccccc3)Cc3ccccc3)C2=O)cc1. The Morgan fingerprint density at radius 2 is 1.41 bits per heavy atom. The van der Waals surface area contributed by atoms with E-state index in [0.29, 0.717) is 30.1 Å². The molecule has 258 valence electrons. The first-order chi connectivity index (χ1) is 23.4. The summed E-state index contributed by atoms with van der Waals surface area (Å²) in [5, 5.41) is 12.5. The third-order valence-electron chi connectivity index (χ3n) is 8.44. The van der Waals surface area contributed by atoms with Crippen LogP contribution in [0.1, 0.15) is 37.5 Å². The molecule has 1 aliphatic rings. The molecule has 1 heterocycles. The van der Waals surface area contributed by atoms with Crippen molar-refractivity contribution in [1.82, 2.24) is 9.80 Å². The molecule has 3 atom stereocenters. The van der Waals surface area contributed by atoms with Crippen molar-refractivity contribution in [2.24, 2.45) is 0 Å². The number of ether oxygens (including phenoxy) is 2. The number of benzene rings is 4. The lowest BCUT2D eigenvalue weighted by Gasteiger charge is -2.46. The third-order valence-corrected chi connectivity index (χ3v) is 8.44. The maximum absolute atomic E-state index is 14.6. The highest BCUT2D eigenvalue weighted by molar-refractivity contribution is 6.00. The van der Waals surface area contributed by atoms with Gasteiger partial charge in [-0.05, 0) is 80.3 Å². The maximum atomic E-state index is 14.6. The Morgan fingerprint density at radius 1 is 0.857 bits per heavy atom. The predicted molar refractivity (Wildman–Crippen MR) is 184 cm³/mol. The van der Waals surface area contributed by atoms with Crippen LogP contribution in [0, 0.1) is 11.6 Å². The zero-order valence-electron chi connectivity index (χ0n) is 28.3. The highest BCUT2D eigenvalue weighted by Crippen LogP contribution is 2.30. The van der Waals surface area contributed by atoms with E-state index in [4.69, 9.17) is 9.47 Å². The number of methoxy groups -OCH3 is 1. The van der Waals surface area contributed by atoms with Gasteiger partial charge >= 0.3 is 6.09 Å². The molecule has 5 rings (SSSR count). The second-order valence-electron chi connectivity index (χ2n) is 13.2. The molecular weight excluding hydrogens is 628 g/mol. The summed E-state index contributed by atoms with van der Waals surface area (Å²) in [6.07, 6.45) is -2.28. The number of carbonyl (C=O) groups is 2. The Bertz CT molecular complexity index is 1640. The van der Waals surface area contributed by atoms with Gasteiger partial charge in [0.25, 0.3) is 5.91 Å². The van der Waals surface area contributed by atoms with Crippen molar-refractivity contribution < 1.29 is 33.0 Å². The van der Waals surface area contributed by atoms with Crippen LogP contribution in [-0.2, 0) is 29.0 Å². The lowest BCUT2D eigenvalue weighted by atomic mass is 9.91. The van der Waals surface area contributed by atoms with E-state index in [2.05, 4.69) is 0 Å². The minimum Gasteiger partial charge on any atom is -0.497 e. The fourth-order valence-corrected chi connectivity index (χ4v) is 6.20. The number of aliphatic hydroxyl groups is 1. The molecule has 10 heteroatoms. The Labute approximate surface area is 286 Å². The molecule has 0 aromatic heterocycles. The number of amides is 2. The van der Waals surface area contributed by atoms with E-state index < -0.39 is 47.4 Å². The maximum Gasteiger partial charge on any atom is 0.411 e. The van der Waals surface area contributed by atoms with Crippen LogP contribution in [0.15, 0.2) is 103 Å². The lowest BCUT2D eigenvalue weighted by Crippen LogP contribution is -2.67. The van der Waals surface area contributed by atoms with Crippen molar-refractivity contribution in [2.75, 3.05) is 25.1 Å². The number of anilines is 1. The van der Waals surface area contributed by atoms with E-state index in [9.17, 15) is 23.5 Å². The van der Waals surface area contributed by atoms with Gasteiger partial charge in [-0.3, -0.25) is 14.6 Å². The largest absolute Gasteiger partial charge is 0.497 e. The van der Waals surface area contributed by atoms with Crippen molar-refractivity contribution in [3.63, 3.8) is 0 Å². The van der Waals surface area contributed by atoms with E-state index in [1.807, 2.05) is 65.6 Å². The van der Waals surface area contributed by atoms with Crippen LogP contribution in [0.2, 0.25) is 0 Å². The van der Waals surface area contributed by atoms with Crippen molar-refractivity contribution in [3.8, 4) is 5.75 Å². The number of carbonyl (C=O) groups excluding carboxylic acids is 2. The van der Waals surface area contributed by atoms with Crippen LogP contribution in [0.5, 0.6) is 5.75 Å². The molecule has 0 radical (unpaired) electrons. The smallest absolute Gasteiger partial charge is 0.411 e. The van der Waals surface area contributed by atoms with E-state index in [0.717, 1.165) is 17.2 Å². The van der Waals surface area contributed by atoms with Gasteiger partial charge in [-0.15, -0.1) is 0 Å². The summed E-state index contributed by atoms with van der Waals surface area (Å²) < 4.78 is 40.1. The molecular formula is C39H43F2N3O5. The van der Waals surface area contributed by atoms with E-state index in [1.54, 1.807) is 52.1 Å². The van der Waals surface area contributed by atoms with Gasteiger partial charge in [-0.25, -0.2) is 13.6 Å². The van der Waals surface area contributed by atoms with Gasteiger partial charge in [-0.1, -0.05) is 60.7 Å². The predicted octanol–water partition coefficient (Wildman–Crippen LogP) is 6.60. The molecule has 1 saturated heterocycles. The normalized spacial score (nSPS) is 16.4. The third kappa shape index (κ3) is 9.22. The first-order valence-electron chi connectivity index (χ1n) is 16.3. The fraction of sp³-hybridized carbons (Fsp3) is 0.333. The molecule has 1 fully saturated rings. The molecule has 0 aliphatic carbocycles. The molecule has 0 bridgehead atoms. The molecule has 1 aliphatic heterocycles. The van der Waals surface area contributed by atoms with Gasteiger partial charge in [0, 0.05) is 44.0 Å². The van der Waals surface area contributed by atoms with Crippen LogP contribution >= 0.6 is 0 Å². The number of hydrogen-bond donors (Lipinski definition) is 1. The Kier molecular flexibility index (Phi) is 11.3. The number of aliphatic hydroxyl groups excluding tert-OH is 1. The molecule has 0 unspecified atom stereocenters. The molecule has 0 spiro atoms. The molecule has 1 N–H and O–H groups in total. The summed E-state index contributed by atoms with van der Waals surface area (Å²) in [6.45, 7) is 6.10. The van der Waals surface area contributed by atoms with Gasteiger partial charge < -0.3 is 19.5 Å². The minimum absolute atomic E-state index is 0.0238. The average molecular weight is 672 g/mol. The van der Waals surface area contributed by atoms with Crippen LogP contribution in [-0.4, -0.2) is 70.9 Å². The van der Waals surface area contributed by atoms with Crippen molar-refractivity contribution in [2.45, 2.75) is 64.1 Å². The topological polar surface area (TPSA) is 82.6 Å². The number of nitrogens with zero attached hydrogens (tertiary/aromatic N) is 3. The molecule has 0 saturated carbocycles. The first kappa shape index (κ1) is 35.5. The van der Waals surface area contributed by atoms with Gasteiger partial charge in [0.05, 0.1) is 13.2 Å². The van der Waals surface area contributed by atoms with Crippen LogP contribution in [0.3, 0.4) is 0 Å². The molecule has 49 heavy (non-hydrogen) atoms. The summed E-state index contributed by atoms with van der Waals surface area (Å²) in [5.41, 5.74) is 1.86. The molecule has 8 nitrogen and oxygen atoms in total. The van der Waals surface area contributed by atoms with E-state index in [1.165, 1.54) is 21.9 Å². The number of hydrogen-bond acceptors (Lipinski definition) is 6. The molecule has 2 amide bonds. The first-order valence-corrected chi connectivity index (χ1v) is 16.3. The zero-order chi connectivity index (χ0) is 35.1. The molecule has 4 aromatic carbocycles. The minimum atomic E-state index is -1.51. The highest BCUT2D eigenvalue weighted by Gasteiger charge is 2.47. The van der Waals surface area contributed by atoms with E-state index >= 15 is 0 Å². The van der Waals surface area contributed by atoms with Gasteiger partial charge in [0.2, 0.25) is 0 Å². The van der Waals surface area contributed by atoms with Crippen molar-refractivity contribution >= 4 is 17.7 Å². The summed E-state index contributed by atoms with van der Waals surface area (Å²) >= 11 is 0. The fourth-order valence-electron chi connectivity index (χ4n) is 6.20. The monoisotopic (exact) mass is 671 g/mol. The Balaban J connectivity index is 1.61. The average Bonchev–Trinajstić information content (AvgIpc) is 3.06. The summed E-state index contributed by atoms with van der Waals surface area (Å²) in [4.78, 5) is 33.1. The number of rotatable bonds is 11. The van der Waals surface area contributed by atoms with Crippen LogP contribution in [0.4, 0.5) is 19.3 Å². The quantitative estimate of drug-likeness (QED) is 0.194. The van der Waals surface area contributed by atoms with Crippen molar-refractivity contribution in [1.29, 1.82) is 0 Å². The van der Waals surface area contributed by atoms with E-state index in [-0.39, 0.29) is 19.5 Å². The van der Waals surface area contributed by atoms with Crippen LogP contribution in [0.25, 0.3) is 0 Å². The Hall–Kier alpha value is -4.80. The standard InChI is InChI=1S/C39H43F2N3O5/c1-39(2,3)49-38(47)44-20-19-43(32-15-17-33(48-4)18-16-32)37(46)35(44)36(45)34(23-29-21-30(40)24-31(41)22-29)42(25-27-11-7-5-8-12-27)26-28-13-9-6-10-14-28/h5-18,21-22,24,34-36,45H,19-20,23,25-26H2,1-4H3/t34-,35-,36-/m0/s1. The lowest BCUT2D eigenvalue weighted by molar-refractivity contribution is -0.133. The summed E-state index contributed by atoms with van der Waals surface area (Å²) in [7, 11) is 1.55. The second kappa shape index (κ2) is 15.6. The molecule has 4 aromatic rings. The van der Waals surface area contributed by atoms with Gasteiger partial charge in [0.15, 0.2) is 0 Å². The summed E-state index contributed by atoms with van der Waals surface area (Å²) in [6, 6.07) is 27.2. The number of halogens is 2. The van der Waals surface area contributed by atoms with Gasteiger partial charge in [0.1, 0.15) is 29.0 Å². The highest BCUT2D eigenvalue weighted by atomic mass is 19.1. The second-order valence-corrected chi connectivity index (χ2v) is 13.2. The van der Waals surface area contributed by atoms with Crippen LogP contribution < -0.4 is 9.64 Å². The van der Waals surface area contributed by atoms with Crippen molar-refractivity contribution in [3.05, 3.63) is 131 Å².